The van der Waals surface area contributed by atoms with Crippen molar-refractivity contribution in [1.29, 1.82) is 0 Å². The van der Waals surface area contributed by atoms with E-state index in [0.29, 0.717) is 5.41 Å². The van der Waals surface area contributed by atoms with Crippen LogP contribution in [0.25, 0.3) is 0 Å². The Hall–Kier alpha value is -0.0400. The second-order valence-electron chi connectivity index (χ2n) is 7.38. The summed E-state index contributed by atoms with van der Waals surface area (Å²) < 4.78 is 0. The fraction of sp³-hybridized carbons (Fsp3) is 1.00. The quantitative estimate of drug-likeness (QED) is 0.703. The third kappa shape index (κ3) is 2.76. The van der Waals surface area contributed by atoms with Crippen LogP contribution in [0.3, 0.4) is 0 Å². The fourth-order valence-corrected chi connectivity index (χ4v) is 4.76. The van der Waals surface area contributed by atoms with Gasteiger partial charge in [0.1, 0.15) is 0 Å². The first-order valence-electron chi connectivity index (χ1n) is 8.32. The maximum atomic E-state index is 3.76. The van der Waals surface area contributed by atoms with Gasteiger partial charge in [-0.1, -0.05) is 34.1 Å². The molecule has 1 heteroatoms. The van der Waals surface area contributed by atoms with Crippen molar-refractivity contribution in [2.24, 2.45) is 29.1 Å². The molecule has 0 amide bonds. The van der Waals surface area contributed by atoms with E-state index in [-0.39, 0.29) is 0 Å². The molecule has 2 saturated carbocycles. The van der Waals surface area contributed by atoms with Crippen LogP contribution in [0.2, 0.25) is 0 Å². The van der Waals surface area contributed by atoms with Crippen LogP contribution in [0, 0.1) is 29.1 Å². The minimum absolute atomic E-state index is 0.592. The monoisotopic (exact) mass is 251 g/mol. The summed E-state index contributed by atoms with van der Waals surface area (Å²) in [5.74, 6) is 3.95. The van der Waals surface area contributed by atoms with E-state index in [1.807, 2.05) is 0 Å². The van der Waals surface area contributed by atoms with Crippen LogP contribution in [-0.4, -0.2) is 13.1 Å². The van der Waals surface area contributed by atoms with Gasteiger partial charge < -0.3 is 5.32 Å². The largest absolute Gasteiger partial charge is 0.316 e. The van der Waals surface area contributed by atoms with E-state index in [4.69, 9.17) is 0 Å². The molecule has 2 aliphatic rings. The van der Waals surface area contributed by atoms with Crippen LogP contribution in [-0.2, 0) is 0 Å². The van der Waals surface area contributed by atoms with Crippen LogP contribution in [0.5, 0.6) is 0 Å². The normalized spacial score (nSPS) is 31.5. The summed E-state index contributed by atoms with van der Waals surface area (Å²) >= 11 is 0. The Balaban J connectivity index is 1.97. The van der Waals surface area contributed by atoms with Gasteiger partial charge in [0.25, 0.3) is 0 Å². The highest BCUT2D eigenvalue weighted by molar-refractivity contribution is 4.99. The highest BCUT2D eigenvalue weighted by Crippen LogP contribution is 2.56. The first-order valence-corrected chi connectivity index (χ1v) is 8.32. The zero-order valence-electron chi connectivity index (χ0n) is 13.0. The Morgan fingerprint density at radius 2 is 1.83 bits per heavy atom. The van der Waals surface area contributed by atoms with Crippen molar-refractivity contribution in [3.63, 3.8) is 0 Å². The summed E-state index contributed by atoms with van der Waals surface area (Å²) in [6.45, 7) is 11.9. The third-order valence-electron chi connectivity index (χ3n) is 5.96. The lowest BCUT2D eigenvalue weighted by Crippen LogP contribution is -2.42. The van der Waals surface area contributed by atoms with Crippen LogP contribution in [0.1, 0.15) is 66.2 Å². The van der Waals surface area contributed by atoms with Gasteiger partial charge in [-0.2, -0.15) is 0 Å². The van der Waals surface area contributed by atoms with E-state index in [9.17, 15) is 0 Å². The molecular weight excluding hydrogens is 218 g/mol. The van der Waals surface area contributed by atoms with Crippen LogP contribution in [0.4, 0.5) is 0 Å². The molecule has 0 aliphatic heterocycles. The summed E-state index contributed by atoms with van der Waals surface area (Å²) in [7, 11) is 0. The zero-order chi connectivity index (χ0) is 13.2. The standard InChI is InChI=1S/C17H33N/c1-5-17(6-2,12-18-11-13(3)4)16-10-14-7-8-15(16)9-14/h13-16,18H,5-12H2,1-4H3. The second-order valence-corrected chi connectivity index (χ2v) is 7.38. The summed E-state index contributed by atoms with van der Waals surface area (Å²) in [4.78, 5) is 0. The Morgan fingerprint density at radius 3 is 2.28 bits per heavy atom. The van der Waals surface area contributed by atoms with Gasteiger partial charge in [-0.25, -0.2) is 0 Å². The SMILES string of the molecule is CCC(CC)(CNCC(C)C)C1CC2CCC1C2. The smallest absolute Gasteiger partial charge is 0.00105 e. The molecule has 0 aromatic heterocycles. The van der Waals surface area contributed by atoms with Gasteiger partial charge in [0.05, 0.1) is 0 Å². The van der Waals surface area contributed by atoms with Gasteiger partial charge in [0, 0.05) is 6.54 Å². The Kier molecular flexibility index (Phi) is 4.75. The maximum absolute atomic E-state index is 3.76. The first-order chi connectivity index (χ1) is 8.61. The van der Waals surface area contributed by atoms with Gasteiger partial charge in [-0.15, -0.1) is 0 Å². The van der Waals surface area contributed by atoms with Crippen molar-refractivity contribution in [2.75, 3.05) is 13.1 Å². The van der Waals surface area contributed by atoms with Gasteiger partial charge in [-0.05, 0) is 67.7 Å². The molecule has 3 atom stereocenters. The van der Waals surface area contributed by atoms with E-state index in [2.05, 4.69) is 33.0 Å². The van der Waals surface area contributed by atoms with E-state index >= 15 is 0 Å². The Morgan fingerprint density at radius 1 is 1.11 bits per heavy atom. The van der Waals surface area contributed by atoms with Gasteiger partial charge in [0.2, 0.25) is 0 Å². The van der Waals surface area contributed by atoms with Crippen molar-refractivity contribution in [3.8, 4) is 0 Å². The van der Waals surface area contributed by atoms with Crippen LogP contribution in [0.15, 0.2) is 0 Å². The van der Waals surface area contributed by atoms with Crippen molar-refractivity contribution in [1.82, 2.24) is 5.32 Å². The van der Waals surface area contributed by atoms with Gasteiger partial charge in [-0.3, -0.25) is 0 Å². The molecule has 0 aromatic carbocycles. The fourth-order valence-electron chi connectivity index (χ4n) is 4.76. The molecular formula is C17H33N. The summed E-state index contributed by atoms with van der Waals surface area (Å²) in [6.07, 6.45) is 8.88. The van der Waals surface area contributed by atoms with Crippen molar-refractivity contribution in [3.05, 3.63) is 0 Å². The molecule has 1 nitrogen and oxygen atoms in total. The number of hydrogen-bond acceptors (Lipinski definition) is 1. The number of rotatable bonds is 7. The third-order valence-corrected chi connectivity index (χ3v) is 5.96. The molecule has 2 rings (SSSR count). The molecule has 3 unspecified atom stereocenters. The van der Waals surface area contributed by atoms with Crippen molar-refractivity contribution in [2.45, 2.75) is 66.2 Å². The summed E-state index contributed by atoms with van der Waals surface area (Å²) in [5, 5.41) is 3.76. The zero-order valence-corrected chi connectivity index (χ0v) is 13.0. The predicted octanol–water partition coefficient (Wildman–Crippen LogP) is 4.47. The molecule has 0 spiro atoms. The van der Waals surface area contributed by atoms with Gasteiger partial charge in [0.15, 0.2) is 0 Å². The number of hydrogen-bond donors (Lipinski definition) is 1. The highest BCUT2D eigenvalue weighted by Gasteiger charge is 2.48. The average molecular weight is 251 g/mol. The van der Waals surface area contributed by atoms with Crippen molar-refractivity contribution < 1.29 is 0 Å². The van der Waals surface area contributed by atoms with Crippen LogP contribution < -0.4 is 5.32 Å². The van der Waals surface area contributed by atoms with E-state index in [1.165, 1.54) is 45.2 Å². The molecule has 0 saturated heterocycles. The van der Waals surface area contributed by atoms with Crippen molar-refractivity contribution >= 4 is 0 Å². The first kappa shape index (κ1) is 14.4. The minimum Gasteiger partial charge on any atom is -0.316 e. The Labute approximate surface area is 114 Å². The van der Waals surface area contributed by atoms with Gasteiger partial charge >= 0.3 is 0 Å². The lowest BCUT2D eigenvalue weighted by Gasteiger charge is -2.42. The van der Waals surface area contributed by atoms with Crippen LogP contribution >= 0.6 is 0 Å². The molecule has 0 radical (unpaired) electrons. The molecule has 2 aliphatic carbocycles. The lowest BCUT2D eigenvalue weighted by molar-refractivity contribution is 0.0868. The van der Waals surface area contributed by atoms with E-state index < -0.39 is 0 Å². The predicted molar refractivity (Wildman–Crippen MR) is 79.7 cm³/mol. The number of fused-ring (bicyclic) bond motifs is 2. The molecule has 0 heterocycles. The average Bonchev–Trinajstić information content (AvgIpc) is 2.97. The summed E-state index contributed by atoms with van der Waals surface area (Å²) in [6, 6.07) is 0. The molecule has 2 fully saturated rings. The summed E-state index contributed by atoms with van der Waals surface area (Å²) in [5.41, 5.74) is 0.592. The molecule has 18 heavy (non-hydrogen) atoms. The lowest BCUT2D eigenvalue weighted by atomic mass is 9.65. The molecule has 0 aromatic rings. The molecule has 1 N–H and O–H groups in total. The van der Waals surface area contributed by atoms with E-state index in [0.717, 1.165) is 23.7 Å². The maximum Gasteiger partial charge on any atom is 0.00105 e. The highest BCUT2D eigenvalue weighted by atomic mass is 14.9. The second kappa shape index (κ2) is 5.94. The minimum atomic E-state index is 0.592. The topological polar surface area (TPSA) is 12.0 Å². The van der Waals surface area contributed by atoms with E-state index in [1.54, 1.807) is 6.42 Å². The number of nitrogens with one attached hydrogen (secondary N) is 1. The molecule has 106 valence electrons. The molecule has 2 bridgehead atoms. The Bertz CT molecular complexity index is 254.